The van der Waals surface area contributed by atoms with Crippen LogP contribution in [0.2, 0.25) is 0 Å². The summed E-state index contributed by atoms with van der Waals surface area (Å²) < 4.78 is 38.4. The normalized spacial score (nSPS) is 10.7. The highest BCUT2D eigenvalue weighted by Gasteiger charge is 2.01. The van der Waals surface area contributed by atoms with E-state index < -0.39 is 10.2 Å². The van der Waals surface area contributed by atoms with Gasteiger partial charge in [-0.05, 0) is 0 Å². The van der Waals surface area contributed by atoms with Crippen LogP contribution in [0, 0.1) is 10.2 Å². The molecule has 2 aromatic heterocycles. The molecule has 0 bridgehead atoms. The van der Waals surface area contributed by atoms with Crippen LogP contribution in [0.5, 0.6) is 0 Å². The van der Waals surface area contributed by atoms with Crippen LogP contribution in [0.15, 0.2) is 61.2 Å². The Hall–Kier alpha value is -1.57. The summed E-state index contributed by atoms with van der Waals surface area (Å²) in [5.74, 6) is 0. The summed E-state index contributed by atoms with van der Waals surface area (Å²) in [4.78, 5) is 0. The molecule has 0 saturated heterocycles. The summed E-state index contributed by atoms with van der Waals surface area (Å²) in [6.45, 7) is 2.21. The number of hydrogen-bond donors (Lipinski definition) is 0. The molecule has 0 aliphatic rings. The zero-order chi connectivity index (χ0) is 15.6. The van der Waals surface area contributed by atoms with Crippen LogP contribution in [0.1, 0.15) is 12.8 Å². The van der Waals surface area contributed by atoms with Crippen molar-refractivity contribution in [3.05, 3.63) is 61.2 Å². The maximum absolute atomic E-state index is 8.49. The van der Waals surface area contributed by atoms with Crippen molar-refractivity contribution in [3.63, 3.8) is 0 Å². The fourth-order valence-corrected chi connectivity index (χ4v) is 1.76. The van der Waals surface area contributed by atoms with Gasteiger partial charge in [-0.1, -0.05) is 12.1 Å². The monoisotopic (exact) mass is 313 g/mol. The first-order valence-corrected chi connectivity index (χ1v) is 7.68. The van der Waals surface area contributed by atoms with E-state index in [0.29, 0.717) is 0 Å². The van der Waals surface area contributed by atoms with E-state index in [2.05, 4.69) is 70.3 Å². The average Bonchev–Trinajstić information content (AvgIpc) is 2.44. The molecule has 2 heterocycles. The van der Waals surface area contributed by atoms with Gasteiger partial charge < -0.3 is 0 Å². The molecule has 0 N–H and O–H groups in total. The van der Waals surface area contributed by atoms with E-state index in [-0.39, 0.29) is 0 Å². The second kappa shape index (κ2) is 9.38. The van der Waals surface area contributed by atoms with Crippen LogP contribution in [0.4, 0.5) is 0 Å². The molecule has 0 aliphatic heterocycles. The molecule has 0 atom stereocenters. The lowest BCUT2D eigenvalue weighted by atomic mass is 10.3. The Labute approximate surface area is 125 Å². The number of unbranched alkanes of at least 4 members (excludes halogenated alkanes) is 1. The molecule has 0 saturated carbocycles. The minimum Gasteiger partial charge on any atom is -0.222 e. The number of rotatable bonds is 5. The van der Waals surface area contributed by atoms with Gasteiger partial charge in [0.2, 0.25) is 0 Å². The zero-order valence-corrected chi connectivity index (χ0v) is 12.3. The minimum atomic E-state index is -4.94. The van der Waals surface area contributed by atoms with Crippen molar-refractivity contribution < 1.29 is 38.0 Å². The molecule has 0 spiro atoms. The predicted molar refractivity (Wildman–Crippen MR) is 62.5 cm³/mol. The molecule has 0 amide bonds. The van der Waals surface area contributed by atoms with Crippen LogP contribution in [-0.2, 0) is 13.1 Å². The third-order valence-electron chi connectivity index (χ3n) is 2.64. The first-order chi connectivity index (χ1) is 9.95. The zero-order valence-electron chi connectivity index (χ0n) is 11.5. The first-order valence-electron chi connectivity index (χ1n) is 6.45. The molecule has 0 unspecified atom stereocenters. The Morgan fingerprint density at radius 2 is 0.857 bits per heavy atom. The lowest BCUT2D eigenvalue weighted by molar-refractivity contribution is -2.00. The lowest BCUT2D eigenvalue weighted by Crippen LogP contribution is -2.68. The fraction of sp³-hybridized carbons (Fsp3) is 0.286. The molecule has 0 fully saturated rings. The largest absolute Gasteiger partial charge is 0.222 e. The smallest absolute Gasteiger partial charge is 0.168 e. The number of pyridine rings is 2. The highest BCUT2D eigenvalue weighted by Crippen LogP contribution is 1.89. The highest BCUT2D eigenvalue weighted by molar-refractivity contribution is 4.84. The number of nitrogens with zero attached hydrogens (tertiary/aromatic N) is 2. The summed E-state index contributed by atoms with van der Waals surface area (Å²) in [7, 11) is -4.94. The number of halogens is 1. The quantitative estimate of drug-likeness (QED) is 0.433. The highest BCUT2D eigenvalue weighted by atomic mass is 35.7. The number of aromatic nitrogens is 2. The van der Waals surface area contributed by atoms with Crippen molar-refractivity contribution in [3.8, 4) is 0 Å². The van der Waals surface area contributed by atoms with Gasteiger partial charge in [-0.2, -0.15) is 0 Å². The van der Waals surface area contributed by atoms with Gasteiger partial charge in [0, 0.05) is 37.1 Å². The Bertz CT molecular complexity index is 444. The van der Waals surface area contributed by atoms with E-state index in [9.17, 15) is 0 Å². The molecule has 114 valence electrons. The molecule has 0 aromatic carbocycles. The summed E-state index contributed by atoms with van der Waals surface area (Å²) in [5, 5.41) is 0. The van der Waals surface area contributed by atoms with E-state index in [1.807, 2.05) is 0 Å². The third-order valence-corrected chi connectivity index (χ3v) is 2.64. The molecule has 21 heavy (non-hydrogen) atoms. The molecular weight excluding hydrogens is 296 g/mol. The molecule has 2 aromatic rings. The van der Waals surface area contributed by atoms with Crippen LogP contribution < -0.4 is 27.8 Å². The molecule has 0 aliphatic carbocycles. The summed E-state index contributed by atoms with van der Waals surface area (Å²) in [6.07, 6.45) is 10.9. The molecule has 7 heteroatoms. The Morgan fingerprint density at radius 3 is 1.14 bits per heavy atom. The van der Waals surface area contributed by atoms with Crippen LogP contribution >= 0.6 is 0 Å². The number of aryl methyl sites for hydroxylation is 2. The van der Waals surface area contributed by atoms with E-state index in [0.717, 1.165) is 13.1 Å². The topological polar surface area (TPSA) is 100 Å². The maximum atomic E-state index is 8.49. The van der Waals surface area contributed by atoms with Crippen molar-refractivity contribution in [1.82, 2.24) is 0 Å². The Morgan fingerprint density at radius 1 is 0.571 bits per heavy atom. The van der Waals surface area contributed by atoms with Crippen molar-refractivity contribution in [2.45, 2.75) is 25.9 Å². The van der Waals surface area contributed by atoms with Crippen molar-refractivity contribution in [1.29, 1.82) is 0 Å². The van der Waals surface area contributed by atoms with Crippen molar-refractivity contribution in [2.24, 2.45) is 0 Å². The SMILES string of the molecule is [O-][Cl+3]([O-])([O-])[O-].c1cc[n+](CCCC[n+]2ccccc2)cc1. The van der Waals surface area contributed by atoms with Crippen LogP contribution in [0.3, 0.4) is 0 Å². The van der Waals surface area contributed by atoms with Gasteiger partial charge in [0.05, 0.1) is 0 Å². The van der Waals surface area contributed by atoms with E-state index in [4.69, 9.17) is 18.6 Å². The molecule has 2 rings (SSSR count). The van der Waals surface area contributed by atoms with Crippen molar-refractivity contribution in [2.75, 3.05) is 0 Å². The van der Waals surface area contributed by atoms with Crippen LogP contribution in [-0.4, -0.2) is 0 Å². The van der Waals surface area contributed by atoms with Gasteiger partial charge in [0.25, 0.3) is 0 Å². The van der Waals surface area contributed by atoms with E-state index in [1.165, 1.54) is 12.8 Å². The Kier molecular flexibility index (Phi) is 7.81. The van der Waals surface area contributed by atoms with Crippen molar-refractivity contribution >= 4 is 0 Å². The number of hydrogen-bond acceptors (Lipinski definition) is 4. The second-order valence-corrected chi connectivity index (χ2v) is 5.07. The van der Waals surface area contributed by atoms with E-state index in [1.54, 1.807) is 0 Å². The minimum absolute atomic E-state index is 1.11. The van der Waals surface area contributed by atoms with Gasteiger partial charge in [-0.15, -0.1) is 10.2 Å². The third kappa shape index (κ3) is 10.8. The Balaban J connectivity index is 0.000000383. The van der Waals surface area contributed by atoms with Gasteiger partial charge in [-0.25, -0.2) is 27.8 Å². The summed E-state index contributed by atoms with van der Waals surface area (Å²) >= 11 is 0. The standard InChI is InChI=1S/C14H18N2.ClHO4/c1-3-9-15(10-4-1)13-7-8-14-16-11-5-2-6-12-16;2-1(3,4)5/h1-6,9-12H,7-8,13-14H2;(H,2,3,4,5)/q+2;/p-1. The fourth-order valence-electron chi connectivity index (χ4n) is 1.76. The second-order valence-electron chi connectivity index (χ2n) is 4.31. The molecule has 0 radical (unpaired) electrons. The van der Waals surface area contributed by atoms with Gasteiger partial charge in [0.15, 0.2) is 24.8 Å². The first kappa shape index (κ1) is 17.5. The van der Waals surface area contributed by atoms with Crippen LogP contribution in [0.25, 0.3) is 0 Å². The molecular formula is C14H18ClN2O4+. The summed E-state index contributed by atoms with van der Waals surface area (Å²) in [6, 6.07) is 12.4. The van der Waals surface area contributed by atoms with Gasteiger partial charge >= 0.3 is 0 Å². The van der Waals surface area contributed by atoms with E-state index >= 15 is 0 Å². The maximum Gasteiger partial charge on any atom is 0.168 e. The van der Waals surface area contributed by atoms with Gasteiger partial charge in [-0.3, -0.25) is 0 Å². The average molecular weight is 314 g/mol. The summed E-state index contributed by atoms with van der Waals surface area (Å²) in [5.41, 5.74) is 0. The lowest BCUT2D eigenvalue weighted by Gasteiger charge is -2.17. The van der Waals surface area contributed by atoms with Gasteiger partial charge in [0.1, 0.15) is 13.1 Å². The molecule has 6 nitrogen and oxygen atoms in total. The predicted octanol–water partition coefficient (Wildman–Crippen LogP) is -3.01.